The molecule has 4 rings (SSSR count). The summed E-state index contributed by atoms with van der Waals surface area (Å²) in [5.74, 6) is -0.364. The van der Waals surface area contributed by atoms with Crippen LogP contribution < -0.4 is 0 Å². The zero-order valence-electron chi connectivity index (χ0n) is 27.7. The summed E-state index contributed by atoms with van der Waals surface area (Å²) in [7, 11) is -11.2. The van der Waals surface area contributed by atoms with Gasteiger partial charge in [0.2, 0.25) is 0 Å². The van der Waals surface area contributed by atoms with Gasteiger partial charge < -0.3 is 21.2 Å². The minimum absolute atomic E-state index is 0.302. The molecule has 0 aliphatic carbocycles. The van der Waals surface area contributed by atoms with Gasteiger partial charge in [0, 0.05) is 5.57 Å². The average Bonchev–Trinajstić information content (AvgIpc) is 3.01. The van der Waals surface area contributed by atoms with Crippen LogP contribution >= 0.6 is 0 Å². The second-order valence-corrected chi connectivity index (χ2v) is 27.3. The molecule has 0 bridgehead atoms. The highest BCUT2D eigenvalue weighted by Gasteiger charge is 2.56. The van der Waals surface area contributed by atoms with Gasteiger partial charge in [-0.2, -0.15) is 0 Å². The van der Waals surface area contributed by atoms with Crippen LogP contribution in [-0.2, 0) is 45.3 Å². The Hall–Kier alpha value is -2.42. The normalized spacial score (nSPS) is 26.9. The predicted octanol–water partition coefficient (Wildman–Crippen LogP) is 8.59. The summed E-state index contributed by atoms with van der Waals surface area (Å²) in [6.45, 7) is 14.5. The van der Waals surface area contributed by atoms with Crippen molar-refractivity contribution < 1.29 is 26.0 Å². The van der Waals surface area contributed by atoms with Gasteiger partial charge in [-0.15, -0.1) is 0 Å². The first-order valence-corrected chi connectivity index (χ1v) is 26.2. The Kier molecular flexibility index (Phi) is 12.5. The zero-order valence-corrected chi connectivity index (χ0v) is 31.7. The Bertz CT molecular complexity index is 1320. The number of esters is 1. The molecule has 3 aromatic carbocycles. The fourth-order valence-corrected chi connectivity index (χ4v) is 29.1. The van der Waals surface area contributed by atoms with Crippen LogP contribution in [0.4, 0.5) is 0 Å². The van der Waals surface area contributed by atoms with Crippen LogP contribution in [0.15, 0.2) is 103 Å². The van der Waals surface area contributed by atoms with Gasteiger partial charge in [-0.25, -0.2) is 4.79 Å². The summed E-state index contributed by atoms with van der Waals surface area (Å²) < 4.78 is 34.8. The van der Waals surface area contributed by atoms with Crippen molar-refractivity contribution in [3.05, 3.63) is 120 Å². The molecule has 1 saturated heterocycles. The molecule has 0 amide bonds. The van der Waals surface area contributed by atoms with Crippen LogP contribution in [0.1, 0.15) is 30.0 Å². The van der Waals surface area contributed by atoms with Crippen molar-refractivity contribution in [1.29, 1.82) is 0 Å². The molecule has 0 N–H and O–H groups in total. The van der Waals surface area contributed by atoms with Gasteiger partial charge in [-0.3, -0.25) is 0 Å². The Labute approximate surface area is 274 Å². The third-order valence-corrected chi connectivity index (χ3v) is 26.8. The van der Waals surface area contributed by atoms with E-state index in [-0.39, 0.29) is 5.97 Å². The van der Waals surface area contributed by atoms with Gasteiger partial charge in [0.1, 0.15) is 0 Å². The van der Waals surface area contributed by atoms with Gasteiger partial charge in [-0.05, 0) is 99.7 Å². The molecule has 1 aliphatic heterocycles. The fourth-order valence-electron chi connectivity index (χ4n) is 6.05. The Morgan fingerprint density at radius 2 is 0.889 bits per heavy atom. The lowest BCUT2D eigenvalue weighted by Gasteiger charge is -2.50. The van der Waals surface area contributed by atoms with Crippen molar-refractivity contribution in [3.63, 3.8) is 0 Å². The van der Waals surface area contributed by atoms with Crippen molar-refractivity contribution in [3.8, 4) is 0 Å². The minimum Gasteiger partial charge on any atom is -0.462 e. The fraction of sp³-hybridized carbons (Fsp3) is 0.400. The Morgan fingerprint density at radius 1 is 0.578 bits per heavy atom. The van der Waals surface area contributed by atoms with Gasteiger partial charge in [0.15, 0.2) is 0 Å². The number of rotatable bonds is 14. The number of carbonyl (C=O) groups is 1. The Morgan fingerprint density at radius 3 is 1.20 bits per heavy atom. The van der Waals surface area contributed by atoms with Gasteiger partial charge in [-0.1, -0.05) is 97.6 Å². The van der Waals surface area contributed by atoms with Crippen molar-refractivity contribution >= 4 is 40.2 Å². The second-order valence-electron chi connectivity index (χ2n) is 12.9. The summed E-state index contributed by atoms with van der Waals surface area (Å²) in [6.07, 6.45) is 3.28. The van der Waals surface area contributed by atoms with Crippen LogP contribution in [0.25, 0.3) is 0 Å². The highest BCUT2D eigenvalue weighted by molar-refractivity contribution is 6.93. The lowest BCUT2D eigenvalue weighted by atomic mass is 10.2. The molecular formula is C35H50O6Si4. The SMILES string of the molecule is C=C(C)C(=O)OCCC[Si]1(C)O[Si](C)(CCc2ccccc2)O[Si](C)(CCc2ccccc2)O[Si](C)(CCc2ccccc2)O1. The first kappa shape index (κ1) is 35.4. The quantitative estimate of drug-likeness (QED) is 0.0737. The van der Waals surface area contributed by atoms with Crippen molar-refractivity contribution in [2.24, 2.45) is 0 Å². The van der Waals surface area contributed by atoms with E-state index in [1.54, 1.807) is 6.92 Å². The minimum atomic E-state index is -2.83. The molecule has 1 fully saturated rings. The number of ether oxygens (including phenoxy) is 1. The smallest absolute Gasteiger partial charge is 0.333 e. The van der Waals surface area contributed by atoms with E-state index in [1.807, 2.05) is 12.1 Å². The number of hydrogen-bond donors (Lipinski definition) is 0. The van der Waals surface area contributed by atoms with E-state index in [0.29, 0.717) is 24.6 Å². The van der Waals surface area contributed by atoms with Crippen LogP contribution in [0.2, 0.25) is 50.4 Å². The maximum absolute atomic E-state index is 12.1. The Balaban J connectivity index is 1.62. The maximum Gasteiger partial charge on any atom is 0.333 e. The monoisotopic (exact) mass is 678 g/mol. The first-order chi connectivity index (χ1) is 21.4. The van der Waals surface area contributed by atoms with E-state index in [0.717, 1.165) is 37.4 Å². The highest BCUT2D eigenvalue weighted by Crippen LogP contribution is 2.39. The number of benzene rings is 3. The van der Waals surface area contributed by atoms with Gasteiger partial charge in [0.25, 0.3) is 0 Å². The molecule has 242 valence electrons. The number of hydrogen-bond acceptors (Lipinski definition) is 6. The first-order valence-electron chi connectivity index (χ1n) is 16.1. The molecule has 6 nitrogen and oxygen atoms in total. The van der Waals surface area contributed by atoms with Crippen LogP contribution in [-0.4, -0.2) is 46.8 Å². The lowest BCUT2D eigenvalue weighted by Crippen LogP contribution is -2.67. The third kappa shape index (κ3) is 11.4. The van der Waals surface area contributed by atoms with Crippen LogP contribution in [0, 0.1) is 0 Å². The molecule has 2 unspecified atom stereocenters. The van der Waals surface area contributed by atoms with E-state index in [2.05, 4.69) is 112 Å². The molecule has 45 heavy (non-hydrogen) atoms. The van der Waals surface area contributed by atoms with E-state index < -0.39 is 34.2 Å². The summed E-state index contributed by atoms with van der Waals surface area (Å²) in [6, 6.07) is 34.8. The number of aryl methyl sites for hydroxylation is 3. The van der Waals surface area contributed by atoms with E-state index >= 15 is 0 Å². The lowest BCUT2D eigenvalue weighted by molar-refractivity contribution is -0.138. The standard InChI is InChI=1S/C35H50O6Si4/c1-31(2)35(36)37-26-16-27-42(3)38-43(4,28-23-32-17-10-7-11-18-32)40-45(6,30-25-34-21-14-9-15-22-34)41-44(5,39-42)29-24-33-19-12-8-13-20-33/h7-15,17-22H,1,16,23-30H2,2-6H3. The van der Waals surface area contributed by atoms with Crippen molar-refractivity contribution in [2.75, 3.05) is 6.61 Å². The molecule has 1 heterocycles. The average molecular weight is 679 g/mol. The molecule has 10 heteroatoms. The largest absolute Gasteiger partial charge is 0.462 e. The molecule has 3 aromatic rings. The maximum atomic E-state index is 12.1. The second kappa shape index (κ2) is 15.9. The molecule has 0 aromatic heterocycles. The molecule has 0 radical (unpaired) electrons. The molecule has 2 atom stereocenters. The summed E-state index contributed by atoms with van der Waals surface area (Å²) in [5, 5.41) is 0. The zero-order chi connectivity index (χ0) is 32.4. The van der Waals surface area contributed by atoms with Crippen molar-refractivity contribution in [1.82, 2.24) is 0 Å². The van der Waals surface area contributed by atoms with Gasteiger partial charge in [0.05, 0.1) is 6.61 Å². The van der Waals surface area contributed by atoms with E-state index in [9.17, 15) is 4.79 Å². The van der Waals surface area contributed by atoms with Gasteiger partial charge >= 0.3 is 40.2 Å². The molecular weight excluding hydrogens is 629 g/mol. The summed E-state index contributed by atoms with van der Waals surface area (Å²) in [5.41, 5.74) is 4.23. The molecule has 1 aliphatic rings. The summed E-state index contributed by atoms with van der Waals surface area (Å²) >= 11 is 0. The van der Waals surface area contributed by atoms with Crippen LogP contribution in [0.5, 0.6) is 0 Å². The predicted molar refractivity (Wildman–Crippen MR) is 191 cm³/mol. The highest BCUT2D eigenvalue weighted by atomic mass is 28.5. The van der Waals surface area contributed by atoms with E-state index in [4.69, 9.17) is 21.2 Å². The topological polar surface area (TPSA) is 63.2 Å². The van der Waals surface area contributed by atoms with Crippen molar-refractivity contribution in [2.45, 2.75) is 83.0 Å². The summed E-state index contributed by atoms with van der Waals surface area (Å²) in [4.78, 5) is 12.1. The van der Waals surface area contributed by atoms with Crippen LogP contribution in [0.3, 0.4) is 0 Å². The number of carbonyl (C=O) groups excluding carboxylic acids is 1. The molecule has 0 saturated carbocycles. The van der Waals surface area contributed by atoms with E-state index in [1.165, 1.54) is 16.7 Å². The third-order valence-electron chi connectivity index (χ3n) is 8.22. The molecule has 0 spiro atoms.